The van der Waals surface area contributed by atoms with Crippen molar-refractivity contribution in [1.29, 1.82) is 0 Å². The van der Waals surface area contributed by atoms with Crippen molar-refractivity contribution < 1.29 is 26.7 Å². The van der Waals surface area contributed by atoms with Gasteiger partial charge in [-0.15, -0.1) is 0 Å². The number of pyridine rings is 1. The first-order valence-corrected chi connectivity index (χ1v) is 12.3. The van der Waals surface area contributed by atoms with Crippen molar-refractivity contribution in [3.8, 4) is 0 Å². The summed E-state index contributed by atoms with van der Waals surface area (Å²) in [7, 11) is 1.80. The normalized spacial score (nSPS) is 29.8. The number of amides is 1. The van der Waals surface area contributed by atoms with E-state index in [0.29, 0.717) is 13.0 Å². The Morgan fingerprint density at radius 1 is 1.19 bits per heavy atom. The van der Waals surface area contributed by atoms with Gasteiger partial charge >= 0.3 is 0 Å². The highest BCUT2D eigenvalue weighted by Gasteiger charge is 2.70. The van der Waals surface area contributed by atoms with Crippen LogP contribution in [0.15, 0.2) is 35.3 Å². The van der Waals surface area contributed by atoms with E-state index in [0.717, 1.165) is 6.07 Å². The Balaban J connectivity index is 1.46. The Bertz CT molecular complexity index is 1260. The molecule has 6 nitrogen and oxygen atoms in total. The molecule has 3 atom stereocenters. The number of halogens is 5. The Labute approximate surface area is 210 Å². The number of anilines is 1. The Kier molecular flexibility index (Phi) is 6.32. The number of alkyl halides is 4. The molecule has 1 saturated heterocycles. The molecule has 2 heterocycles. The van der Waals surface area contributed by atoms with Gasteiger partial charge < -0.3 is 20.1 Å². The summed E-state index contributed by atoms with van der Waals surface area (Å²) < 4.78 is 71.3. The van der Waals surface area contributed by atoms with Crippen LogP contribution in [0.5, 0.6) is 0 Å². The van der Waals surface area contributed by atoms with E-state index in [2.05, 4.69) is 10.6 Å². The highest BCUT2D eigenvalue weighted by molar-refractivity contribution is 5.99. The van der Waals surface area contributed by atoms with Gasteiger partial charge in [-0.2, -0.15) is 0 Å². The lowest BCUT2D eigenvalue weighted by molar-refractivity contribution is -0.199. The molecule has 4 aliphatic rings. The number of benzene rings is 1. The molecule has 200 valence electrons. The summed E-state index contributed by atoms with van der Waals surface area (Å²) in [6, 6.07) is 3.16. The van der Waals surface area contributed by atoms with Crippen molar-refractivity contribution in [1.82, 2.24) is 14.8 Å². The lowest BCUT2D eigenvalue weighted by Crippen LogP contribution is -2.71. The molecule has 1 aliphatic heterocycles. The van der Waals surface area contributed by atoms with Crippen LogP contribution in [0.2, 0.25) is 0 Å². The monoisotopic (exact) mass is 524 g/mol. The third kappa shape index (κ3) is 4.51. The summed E-state index contributed by atoms with van der Waals surface area (Å²) in [5.41, 5.74) is -3.17. The summed E-state index contributed by atoms with van der Waals surface area (Å²) in [6.45, 7) is 2.27. The first-order valence-electron chi connectivity index (χ1n) is 12.3. The van der Waals surface area contributed by atoms with E-state index < -0.39 is 58.7 Å². The van der Waals surface area contributed by atoms with E-state index in [1.54, 1.807) is 7.05 Å². The van der Waals surface area contributed by atoms with Crippen LogP contribution < -0.4 is 16.2 Å². The lowest BCUT2D eigenvalue weighted by atomic mass is 9.47. The summed E-state index contributed by atoms with van der Waals surface area (Å²) in [5, 5.41) is 5.62. The largest absolute Gasteiger partial charge is 0.378 e. The molecule has 3 saturated carbocycles. The van der Waals surface area contributed by atoms with Crippen LogP contribution >= 0.6 is 0 Å². The number of nitrogens with one attached hydrogen (secondary N) is 2. The van der Waals surface area contributed by atoms with E-state index in [4.69, 9.17) is 0 Å². The van der Waals surface area contributed by atoms with Crippen molar-refractivity contribution in [2.75, 3.05) is 25.5 Å². The molecular formula is C26H29F5N4O2. The van der Waals surface area contributed by atoms with E-state index in [-0.39, 0.29) is 42.6 Å². The first-order chi connectivity index (χ1) is 17.4. The molecule has 1 aromatic heterocycles. The average Bonchev–Trinajstić information content (AvgIpc) is 2.78. The summed E-state index contributed by atoms with van der Waals surface area (Å²) in [5.74, 6) is -1.81. The van der Waals surface area contributed by atoms with Crippen LogP contribution in [-0.2, 0) is 5.54 Å². The maximum atomic E-state index is 14.7. The maximum Gasteiger partial charge on any atom is 0.266 e. The quantitative estimate of drug-likeness (QED) is 0.525. The lowest BCUT2D eigenvalue weighted by Gasteiger charge is -2.66. The van der Waals surface area contributed by atoms with Crippen molar-refractivity contribution >= 4 is 11.6 Å². The zero-order valence-corrected chi connectivity index (χ0v) is 20.5. The molecule has 1 aromatic carbocycles. The smallest absolute Gasteiger partial charge is 0.266 e. The van der Waals surface area contributed by atoms with Gasteiger partial charge in [-0.25, -0.2) is 22.0 Å². The zero-order chi connectivity index (χ0) is 26.7. The number of aromatic nitrogens is 1. The number of likely N-dealkylation sites (tertiary alicyclic amines) is 1. The second-order valence-electron chi connectivity index (χ2n) is 10.8. The SMILES string of the molecule is CC(NC(=O)c1cn(C23CC(F)(C2)C3)c(=O)cc1N[C@@H]1CCN(C)C[C@@H]1F)c1cccc(C(F)F)c1F. The number of hydrogen-bond acceptors (Lipinski definition) is 4. The van der Waals surface area contributed by atoms with E-state index in [1.165, 1.54) is 35.9 Å². The minimum Gasteiger partial charge on any atom is -0.378 e. The molecule has 2 N–H and O–H groups in total. The second-order valence-corrected chi connectivity index (χ2v) is 10.8. The third-order valence-corrected chi connectivity index (χ3v) is 7.94. The van der Waals surface area contributed by atoms with Crippen LogP contribution in [0.3, 0.4) is 0 Å². The average molecular weight is 525 g/mol. The number of carbonyl (C=O) groups excluding carboxylic acids is 1. The summed E-state index contributed by atoms with van der Waals surface area (Å²) in [6.07, 6.45) is -1.94. The van der Waals surface area contributed by atoms with E-state index in [9.17, 15) is 31.5 Å². The van der Waals surface area contributed by atoms with Gasteiger partial charge in [0.2, 0.25) is 0 Å². The van der Waals surface area contributed by atoms with Crippen LogP contribution in [0.1, 0.15) is 66.6 Å². The van der Waals surface area contributed by atoms with E-state index >= 15 is 0 Å². The van der Waals surface area contributed by atoms with Crippen molar-refractivity contribution in [3.05, 3.63) is 63.3 Å². The van der Waals surface area contributed by atoms with Gasteiger partial charge in [0.25, 0.3) is 17.9 Å². The molecule has 3 aliphatic carbocycles. The Morgan fingerprint density at radius 3 is 2.49 bits per heavy atom. The van der Waals surface area contributed by atoms with E-state index in [1.807, 2.05) is 4.90 Å². The van der Waals surface area contributed by atoms with Crippen LogP contribution in [-0.4, -0.2) is 53.4 Å². The predicted molar refractivity (Wildman–Crippen MR) is 128 cm³/mol. The van der Waals surface area contributed by atoms with Crippen molar-refractivity contribution in [3.63, 3.8) is 0 Å². The standard InChI is InChI=1S/C26H29F5N4O2/c1-14(15-4-3-5-16(22(15)28)23(29)30)32-24(37)17-9-35(26-11-25(31,12-26)13-26)21(36)8-20(17)33-19-6-7-34(2)10-18(19)27/h3-5,8-9,14,18-19,23,33H,6-7,10-13H2,1-2H3,(H,32,37)/t14?,18-,19+,25?,26?/m0/s1. The fourth-order valence-electron chi connectivity index (χ4n) is 5.92. The molecule has 0 spiro atoms. The number of hydrogen-bond donors (Lipinski definition) is 2. The molecule has 6 rings (SSSR count). The number of nitrogens with zero attached hydrogens (tertiary/aromatic N) is 2. The van der Waals surface area contributed by atoms with Gasteiger partial charge in [-0.05, 0) is 20.4 Å². The molecule has 11 heteroatoms. The highest BCUT2D eigenvalue weighted by atomic mass is 19.3. The van der Waals surface area contributed by atoms with Crippen LogP contribution in [0.4, 0.5) is 27.6 Å². The fraction of sp³-hybridized carbons (Fsp3) is 0.538. The molecule has 0 radical (unpaired) electrons. The molecule has 2 bridgehead atoms. The van der Waals surface area contributed by atoms with Gasteiger partial charge in [0.05, 0.1) is 34.4 Å². The number of piperidine rings is 1. The predicted octanol–water partition coefficient (Wildman–Crippen LogP) is 4.47. The second kappa shape index (κ2) is 9.11. The molecule has 4 fully saturated rings. The summed E-state index contributed by atoms with van der Waals surface area (Å²) in [4.78, 5) is 28.2. The number of carbonyl (C=O) groups is 1. The Hall–Kier alpha value is -2.95. The molecule has 37 heavy (non-hydrogen) atoms. The Morgan fingerprint density at radius 2 is 1.86 bits per heavy atom. The van der Waals surface area contributed by atoms with Crippen LogP contribution in [0.25, 0.3) is 0 Å². The fourth-order valence-corrected chi connectivity index (χ4v) is 5.92. The van der Waals surface area contributed by atoms with Gasteiger partial charge in [0.15, 0.2) is 0 Å². The van der Waals surface area contributed by atoms with Gasteiger partial charge in [-0.1, -0.05) is 18.2 Å². The molecule has 1 amide bonds. The van der Waals surface area contributed by atoms with Gasteiger partial charge in [0.1, 0.15) is 17.7 Å². The molecule has 2 aromatic rings. The van der Waals surface area contributed by atoms with Crippen LogP contribution in [0, 0.1) is 5.82 Å². The van der Waals surface area contributed by atoms with Crippen molar-refractivity contribution in [2.24, 2.45) is 0 Å². The minimum atomic E-state index is -3.02. The molecule has 1 unspecified atom stereocenters. The molecular weight excluding hydrogens is 495 g/mol. The zero-order valence-electron chi connectivity index (χ0n) is 20.5. The third-order valence-electron chi connectivity index (χ3n) is 7.94. The van der Waals surface area contributed by atoms with Gasteiger partial charge in [0, 0.05) is 50.2 Å². The minimum absolute atomic E-state index is 0.0145. The highest BCUT2D eigenvalue weighted by Crippen LogP contribution is 2.67. The maximum absolute atomic E-state index is 14.7. The van der Waals surface area contributed by atoms with Crippen molar-refractivity contribution in [2.45, 2.75) is 68.5 Å². The first kappa shape index (κ1) is 25.7. The topological polar surface area (TPSA) is 66.4 Å². The number of rotatable bonds is 7. The summed E-state index contributed by atoms with van der Waals surface area (Å²) >= 11 is 0. The van der Waals surface area contributed by atoms with Gasteiger partial charge in [-0.3, -0.25) is 9.59 Å².